The molecule has 1 aromatic rings. The Balaban J connectivity index is 2.00. The lowest BCUT2D eigenvalue weighted by molar-refractivity contribution is -0.384. The topological polar surface area (TPSA) is 58.9 Å². The molecule has 1 aliphatic heterocycles. The molecule has 22 heavy (non-hydrogen) atoms. The van der Waals surface area contributed by atoms with Crippen LogP contribution in [0, 0.1) is 10.1 Å². The van der Waals surface area contributed by atoms with Gasteiger partial charge in [0.2, 0.25) is 0 Å². The monoisotopic (exact) mass is 327 g/mol. The largest absolute Gasteiger partial charge is 0.373 e. The summed E-state index contributed by atoms with van der Waals surface area (Å²) in [5.41, 5.74) is 0.627. The van der Waals surface area contributed by atoms with E-state index in [2.05, 4.69) is 18.7 Å². The second kappa shape index (κ2) is 7.26. The Hall–Kier alpha value is -1.37. The summed E-state index contributed by atoms with van der Waals surface area (Å²) >= 11 is 5.85. The Morgan fingerprint density at radius 3 is 2.64 bits per heavy atom. The molecule has 1 fully saturated rings. The minimum atomic E-state index is -0.392. The molecule has 1 aliphatic rings. The minimum absolute atomic E-state index is 0.0405. The molecule has 1 heterocycles. The first-order chi connectivity index (χ1) is 10.4. The van der Waals surface area contributed by atoms with Crippen LogP contribution in [-0.4, -0.2) is 55.3 Å². The average Bonchev–Trinajstić information content (AvgIpc) is 2.43. The second-order valence-corrected chi connectivity index (χ2v) is 6.27. The summed E-state index contributed by atoms with van der Waals surface area (Å²) in [6.07, 6.45) is 0.442. The summed E-state index contributed by atoms with van der Waals surface area (Å²) in [5, 5.41) is 11.5. The molecular weight excluding hydrogens is 306 g/mol. The van der Waals surface area contributed by atoms with Crippen molar-refractivity contribution in [1.82, 2.24) is 4.90 Å². The van der Waals surface area contributed by atoms with Gasteiger partial charge in [0.05, 0.1) is 17.1 Å². The van der Waals surface area contributed by atoms with Crippen LogP contribution in [0.2, 0.25) is 5.02 Å². The lowest BCUT2D eigenvalue weighted by Gasteiger charge is -2.36. The summed E-state index contributed by atoms with van der Waals surface area (Å²) in [6.45, 7) is 7.46. The van der Waals surface area contributed by atoms with Crippen molar-refractivity contribution in [1.29, 1.82) is 0 Å². The molecule has 7 heteroatoms. The van der Waals surface area contributed by atoms with Crippen LogP contribution in [0.4, 0.5) is 11.4 Å². The third kappa shape index (κ3) is 4.32. The molecular formula is C15H22ClN3O3. The van der Waals surface area contributed by atoms with Crippen LogP contribution in [0.25, 0.3) is 0 Å². The van der Waals surface area contributed by atoms with Crippen LogP contribution in [0.3, 0.4) is 0 Å². The SMILES string of the molecule is C[C@@H]1CN(CCN(C)c2ccc(Cl)cc2[N+](=O)[O-])C[C@H](C)O1. The Morgan fingerprint density at radius 2 is 2.05 bits per heavy atom. The van der Waals surface area contributed by atoms with Crippen molar-refractivity contribution < 1.29 is 9.66 Å². The number of ether oxygens (including phenoxy) is 1. The molecule has 6 nitrogen and oxygen atoms in total. The number of morpholine rings is 1. The van der Waals surface area contributed by atoms with Crippen LogP contribution >= 0.6 is 11.6 Å². The van der Waals surface area contributed by atoms with Crippen molar-refractivity contribution in [2.24, 2.45) is 0 Å². The Bertz CT molecular complexity index is 531. The van der Waals surface area contributed by atoms with Crippen molar-refractivity contribution in [2.75, 3.05) is 38.1 Å². The normalized spacial score (nSPS) is 22.5. The van der Waals surface area contributed by atoms with Crippen LogP contribution in [0.5, 0.6) is 0 Å². The first kappa shape index (κ1) is 17.0. The summed E-state index contributed by atoms with van der Waals surface area (Å²) in [7, 11) is 1.86. The van der Waals surface area contributed by atoms with E-state index < -0.39 is 4.92 Å². The smallest absolute Gasteiger partial charge is 0.294 e. The number of hydrogen-bond acceptors (Lipinski definition) is 5. The zero-order valence-electron chi connectivity index (χ0n) is 13.2. The van der Waals surface area contributed by atoms with Gasteiger partial charge in [-0.05, 0) is 26.0 Å². The van der Waals surface area contributed by atoms with Crippen molar-refractivity contribution in [3.8, 4) is 0 Å². The Labute approximate surface area is 135 Å². The van der Waals surface area contributed by atoms with E-state index in [1.54, 1.807) is 12.1 Å². The predicted octanol–water partition coefficient (Wildman–Crippen LogP) is 2.79. The predicted molar refractivity (Wildman–Crippen MR) is 87.8 cm³/mol. The molecule has 0 aliphatic carbocycles. The second-order valence-electron chi connectivity index (χ2n) is 5.83. The highest BCUT2D eigenvalue weighted by Crippen LogP contribution is 2.30. The molecule has 0 N–H and O–H groups in total. The molecule has 0 aromatic heterocycles. The number of rotatable bonds is 5. The number of nitrogens with zero attached hydrogens (tertiary/aromatic N) is 3. The molecule has 1 saturated heterocycles. The van der Waals surface area contributed by atoms with Gasteiger partial charge in [-0.25, -0.2) is 0 Å². The van der Waals surface area contributed by atoms with E-state index in [-0.39, 0.29) is 17.9 Å². The Kier molecular flexibility index (Phi) is 5.61. The first-order valence-electron chi connectivity index (χ1n) is 7.39. The van der Waals surface area contributed by atoms with E-state index in [9.17, 15) is 10.1 Å². The summed E-state index contributed by atoms with van der Waals surface area (Å²) in [6, 6.07) is 4.77. The van der Waals surface area contributed by atoms with Crippen LogP contribution in [0.15, 0.2) is 18.2 Å². The number of anilines is 1. The third-order valence-electron chi connectivity index (χ3n) is 3.79. The summed E-state index contributed by atoms with van der Waals surface area (Å²) in [5.74, 6) is 0. The summed E-state index contributed by atoms with van der Waals surface area (Å²) < 4.78 is 5.71. The van der Waals surface area contributed by atoms with Gasteiger partial charge in [0, 0.05) is 44.3 Å². The lowest BCUT2D eigenvalue weighted by Crippen LogP contribution is -2.47. The number of nitro benzene ring substituents is 1. The molecule has 0 bridgehead atoms. The minimum Gasteiger partial charge on any atom is -0.373 e. The van der Waals surface area contributed by atoms with Crippen LogP contribution < -0.4 is 4.90 Å². The number of likely N-dealkylation sites (N-methyl/N-ethyl adjacent to an activating group) is 1. The number of benzene rings is 1. The highest BCUT2D eigenvalue weighted by atomic mass is 35.5. The van der Waals surface area contributed by atoms with E-state index in [1.807, 2.05) is 11.9 Å². The third-order valence-corrected chi connectivity index (χ3v) is 4.03. The highest BCUT2D eigenvalue weighted by Gasteiger charge is 2.23. The fraction of sp³-hybridized carbons (Fsp3) is 0.600. The maximum Gasteiger partial charge on any atom is 0.294 e. The van der Waals surface area contributed by atoms with Gasteiger partial charge in [0.15, 0.2) is 0 Å². The molecule has 0 spiro atoms. The molecule has 1 aromatic carbocycles. The standard InChI is InChI=1S/C15H22ClN3O3/c1-11-9-18(10-12(2)22-11)7-6-17(3)14-5-4-13(16)8-15(14)19(20)21/h4-5,8,11-12H,6-7,9-10H2,1-3H3/t11-,12+. The quantitative estimate of drug-likeness (QED) is 0.615. The maximum atomic E-state index is 11.2. The van der Waals surface area contributed by atoms with Crippen molar-refractivity contribution >= 4 is 23.0 Å². The van der Waals surface area contributed by atoms with Crippen LogP contribution in [-0.2, 0) is 4.74 Å². The first-order valence-corrected chi connectivity index (χ1v) is 7.77. The molecule has 0 radical (unpaired) electrons. The van der Waals surface area contributed by atoms with Gasteiger partial charge in [-0.3, -0.25) is 15.0 Å². The summed E-state index contributed by atoms with van der Waals surface area (Å²) in [4.78, 5) is 15.0. The van der Waals surface area contributed by atoms with Gasteiger partial charge in [0.25, 0.3) is 5.69 Å². The van der Waals surface area contributed by atoms with E-state index >= 15 is 0 Å². The molecule has 0 saturated carbocycles. The van der Waals surface area contributed by atoms with Gasteiger partial charge in [0.1, 0.15) is 5.69 Å². The maximum absolute atomic E-state index is 11.2. The molecule has 122 valence electrons. The Morgan fingerprint density at radius 1 is 1.41 bits per heavy atom. The number of halogens is 1. The van der Waals surface area contributed by atoms with E-state index in [0.717, 1.165) is 19.6 Å². The van der Waals surface area contributed by atoms with Gasteiger partial charge < -0.3 is 9.64 Å². The lowest BCUT2D eigenvalue weighted by atomic mass is 10.2. The van der Waals surface area contributed by atoms with Crippen molar-refractivity contribution in [3.05, 3.63) is 33.3 Å². The number of nitro groups is 1. The van der Waals surface area contributed by atoms with E-state index in [0.29, 0.717) is 17.3 Å². The molecule has 2 rings (SSSR count). The molecule has 0 unspecified atom stereocenters. The van der Waals surface area contributed by atoms with E-state index in [1.165, 1.54) is 6.07 Å². The zero-order valence-corrected chi connectivity index (χ0v) is 13.9. The van der Waals surface area contributed by atoms with Gasteiger partial charge >= 0.3 is 0 Å². The highest BCUT2D eigenvalue weighted by molar-refractivity contribution is 6.30. The molecule has 0 amide bonds. The fourth-order valence-corrected chi connectivity index (χ4v) is 3.01. The van der Waals surface area contributed by atoms with Gasteiger partial charge in [-0.2, -0.15) is 0 Å². The molecule has 2 atom stereocenters. The van der Waals surface area contributed by atoms with E-state index in [4.69, 9.17) is 16.3 Å². The fourth-order valence-electron chi connectivity index (χ4n) is 2.84. The van der Waals surface area contributed by atoms with Crippen molar-refractivity contribution in [2.45, 2.75) is 26.1 Å². The van der Waals surface area contributed by atoms with Gasteiger partial charge in [-0.1, -0.05) is 11.6 Å². The average molecular weight is 328 g/mol. The van der Waals surface area contributed by atoms with Gasteiger partial charge in [-0.15, -0.1) is 0 Å². The van der Waals surface area contributed by atoms with Crippen LogP contribution in [0.1, 0.15) is 13.8 Å². The number of hydrogen-bond donors (Lipinski definition) is 0. The zero-order chi connectivity index (χ0) is 16.3. The van der Waals surface area contributed by atoms with Crippen molar-refractivity contribution in [3.63, 3.8) is 0 Å².